The van der Waals surface area contributed by atoms with E-state index in [2.05, 4.69) is 38.2 Å². The Bertz CT molecular complexity index is 928. The summed E-state index contributed by atoms with van der Waals surface area (Å²) in [6.07, 6.45) is 42.0. The number of phosphoric ester groups is 1. The molecular formula is C43H82NO8P. The van der Waals surface area contributed by atoms with Gasteiger partial charge in [0, 0.05) is 19.4 Å². The van der Waals surface area contributed by atoms with Crippen LogP contribution in [0, 0.1) is 0 Å². The van der Waals surface area contributed by atoms with E-state index in [1.165, 1.54) is 116 Å². The zero-order valence-electron chi connectivity index (χ0n) is 34.3. The maximum atomic E-state index is 12.6. The van der Waals surface area contributed by atoms with E-state index in [4.69, 9.17) is 24.3 Å². The van der Waals surface area contributed by atoms with Gasteiger partial charge in [-0.1, -0.05) is 173 Å². The molecule has 2 unspecified atom stereocenters. The Hall–Kier alpha value is -1.51. The van der Waals surface area contributed by atoms with Crippen molar-refractivity contribution in [1.82, 2.24) is 0 Å². The van der Waals surface area contributed by atoms with Crippen LogP contribution in [0.2, 0.25) is 0 Å². The number of rotatable bonds is 41. The van der Waals surface area contributed by atoms with Crippen LogP contribution in [0.4, 0.5) is 0 Å². The third-order valence-electron chi connectivity index (χ3n) is 9.34. The minimum absolute atomic E-state index is 0.0530. The van der Waals surface area contributed by atoms with Crippen LogP contribution in [-0.2, 0) is 32.7 Å². The Morgan fingerprint density at radius 2 is 0.981 bits per heavy atom. The molecule has 0 aromatic heterocycles. The van der Waals surface area contributed by atoms with Gasteiger partial charge in [0.25, 0.3) is 0 Å². The largest absolute Gasteiger partial charge is 0.472 e. The summed E-state index contributed by atoms with van der Waals surface area (Å²) >= 11 is 0. The van der Waals surface area contributed by atoms with E-state index in [9.17, 15) is 19.0 Å². The molecule has 2 atom stereocenters. The molecule has 0 radical (unpaired) electrons. The normalized spacial score (nSPS) is 13.5. The molecule has 0 fully saturated rings. The molecule has 312 valence electrons. The van der Waals surface area contributed by atoms with E-state index in [-0.39, 0.29) is 32.6 Å². The fourth-order valence-corrected chi connectivity index (χ4v) is 6.84. The monoisotopic (exact) mass is 772 g/mol. The van der Waals surface area contributed by atoms with Crippen molar-refractivity contribution >= 4 is 19.8 Å². The number of carbonyl (C=O) groups excluding carboxylic acids is 2. The van der Waals surface area contributed by atoms with Crippen molar-refractivity contribution < 1.29 is 37.6 Å². The molecule has 0 saturated heterocycles. The van der Waals surface area contributed by atoms with Gasteiger partial charge < -0.3 is 20.1 Å². The topological polar surface area (TPSA) is 134 Å². The predicted molar refractivity (Wildman–Crippen MR) is 220 cm³/mol. The summed E-state index contributed by atoms with van der Waals surface area (Å²) < 4.78 is 32.8. The Labute approximate surface area is 325 Å². The molecule has 53 heavy (non-hydrogen) atoms. The van der Waals surface area contributed by atoms with Gasteiger partial charge in [-0.2, -0.15) is 0 Å². The minimum atomic E-state index is -4.37. The second-order valence-corrected chi connectivity index (χ2v) is 16.0. The number of nitrogens with two attached hydrogens (primary N) is 1. The summed E-state index contributed by atoms with van der Waals surface area (Å²) in [4.78, 5) is 34.8. The number of ether oxygens (including phenoxy) is 2. The summed E-state index contributed by atoms with van der Waals surface area (Å²) in [7, 11) is -4.37. The molecular weight excluding hydrogens is 689 g/mol. The van der Waals surface area contributed by atoms with Crippen molar-refractivity contribution in [2.24, 2.45) is 5.73 Å². The van der Waals surface area contributed by atoms with E-state index in [0.29, 0.717) is 6.42 Å². The number of carbonyl (C=O) groups is 2. The third-order valence-corrected chi connectivity index (χ3v) is 10.3. The zero-order valence-corrected chi connectivity index (χ0v) is 35.2. The molecule has 0 amide bonds. The second kappa shape index (κ2) is 40.2. The molecule has 0 heterocycles. The molecule has 0 bridgehead atoms. The molecule has 0 rings (SSSR count). The molecule has 3 N–H and O–H groups in total. The van der Waals surface area contributed by atoms with Gasteiger partial charge >= 0.3 is 19.8 Å². The molecule has 9 nitrogen and oxygen atoms in total. The van der Waals surface area contributed by atoms with E-state index < -0.39 is 32.5 Å². The average Bonchev–Trinajstić information content (AvgIpc) is 3.14. The van der Waals surface area contributed by atoms with Crippen molar-refractivity contribution in [3.05, 3.63) is 24.3 Å². The molecule has 0 aliphatic heterocycles. The van der Waals surface area contributed by atoms with Crippen molar-refractivity contribution in [1.29, 1.82) is 0 Å². The predicted octanol–water partition coefficient (Wildman–Crippen LogP) is 12.4. The van der Waals surface area contributed by atoms with Gasteiger partial charge in [0.15, 0.2) is 6.10 Å². The summed E-state index contributed by atoms with van der Waals surface area (Å²) in [5.74, 6) is -0.837. The SMILES string of the molecule is CCCCCC=CCC=CCCCCCCCC(=O)OCC(COP(=O)(O)OCCN)OC(=O)CCCCCCCCCCCCCCCCCCC. The third kappa shape index (κ3) is 40.0. The molecule has 0 aromatic carbocycles. The minimum Gasteiger partial charge on any atom is -0.462 e. The summed E-state index contributed by atoms with van der Waals surface area (Å²) in [6, 6.07) is 0. The van der Waals surface area contributed by atoms with E-state index in [0.717, 1.165) is 57.8 Å². The Balaban J connectivity index is 4.14. The van der Waals surface area contributed by atoms with Crippen molar-refractivity contribution in [2.45, 2.75) is 213 Å². The number of phosphoric acid groups is 1. The van der Waals surface area contributed by atoms with Crippen LogP contribution in [0.5, 0.6) is 0 Å². The molecule has 0 spiro atoms. The van der Waals surface area contributed by atoms with E-state index in [1.807, 2.05) is 0 Å². The highest BCUT2D eigenvalue weighted by atomic mass is 31.2. The summed E-state index contributed by atoms with van der Waals surface area (Å²) in [5.41, 5.74) is 5.35. The van der Waals surface area contributed by atoms with Crippen LogP contribution in [0.3, 0.4) is 0 Å². The second-order valence-electron chi connectivity index (χ2n) is 14.6. The highest BCUT2D eigenvalue weighted by molar-refractivity contribution is 7.47. The number of hydrogen-bond acceptors (Lipinski definition) is 8. The lowest BCUT2D eigenvalue weighted by Gasteiger charge is -2.19. The van der Waals surface area contributed by atoms with Crippen LogP contribution in [0.15, 0.2) is 24.3 Å². The number of hydrogen-bond donors (Lipinski definition) is 2. The van der Waals surface area contributed by atoms with E-state index >= 15 is 0 Å². The maximum Gasteiger partial charge on any atom is 0.472 e. The number of allylic oxidation sites excluding steroid dienone is 4. The molecule has 0 aliphatic carbocycles. The molecule has 10 heteroatoms. The lowest BCUT2D eigenvalue weighted by atomic mass is 10.0. The van der Waals surface area contributed by atoms with Crippen LogP contribution in [0.1, 0.15) is 206 Å². The Morgan fingerprint density at radius 1 is 0.566 bits per heavy atom. The van der Waals surface area contributed by atoms with E-state index in [1.54, 1.807) is 0 Å². The molecule has 0 saturated carbocycles. The first kappa shape index (κ1) is 51.5. The summed E-state index contributed by atoms with van der Waals surface area (Å²) in [5, 5.41) is 0. The first-order valence-electron chi connectivity index (χ1n) is 21.8. The van der Waals surface area contributed by atoms with Gasteiger partial charge in [-0.25, -0.2) is 4.57 Å². The van der Waals surface area contributed by atoms with Crippen molar-refractivity contribution in [2.75, 3.05) is 26.4 Å². The molecule has 0 aliphatic rings. The lowest BCUT2D eigenvalue weighted by Crippen LogP contribution is -2.29. The highest BCUT2D eigenvalue weighted by Crippen LogP contribution is 2.43. The lowest BCUT2D eigenvalue weighted by molar-refractivity contribution is -0.161. The first-order chi connectivity index (χ1) is 25.8. The van der Waals surface area contributed by atoms with Crippen LogP contribution >= 0.6 is 7.82 Å². The van der Waals surface area contributed by atoms with Crippen LogP contribution in [0.25, 0.3) is 0 Å². The highest BCUT2D eigenvalue weighted by Gasteiger charge is 2.26. The summed E-state index contributed by atoms with van der Waals surface area (Å²) in [6.45, 7) is 3.71. The van der Waals surface area contributed by atoms with Crippen LogP contribution in [-0.4, -0.2) is 49.3 Å². The maximum absolute atomic E-state index is 12.6. The Morgan fingerprint density at radius 3 is 1.47 bits per heavy atom. The van der Waals surface area contributed by atoms with Crippen LogP contribution < -0.4 is 5.73 Å². The van der Waals surface area contributed by atoms with Gasteiger partial charge in [-0.3, -0.25) is 18.6 Å². The van der Waals surface area contributed by atoms with Gasteiger partial charge in [-0.05, 0) is 44.9 Å². The first-order valence-corrected chi connectivity index (χ1v) is 23.3. The average molecular weight is 772 g/mol. The fraction of sp³-hybridized carbons (Fsp3) is 0.860. The van der Waals surface area contributed by atoms with Crippen molar-refractivity contribution in [3.63, 3.8) is 0 Å². The van der Waals surface area contributed by atoms with Gasteiger partial charge in [-0.15, -0.1) is 0 Å². The Kier molecular flexibility index (Phi) is 39.0. The molecule has 0 aromatic rings. The standard InChI is InChI=1S/C43H82NO8P/c1-3-5-7-9-11-13-15-17-19-20-22-24-26-28-30-32-34-36-43(46)52-41(40-51-53(47,48)50-38-37-44)39-49-42(45)35-33-31-29-27-25-23-21-18-16-14-12-10-8-6-4-2/h12,14,18,21,41H,3-11,13,15-17,19-20,22-40,44H2,1-2H3,(H,47,48). The van der Waals surface area contributed by atoms with Gasteiger partial charge in [0.2, 0.25) is 0 Å². The quantitative estimate of drug-likeness (QED) is 0.0269. The van der Waals surface area contributed by atoms with Gasteiger partial charge in [0.05, 0.1) is 13.2 Å². The van der Waals surface area contributed by atoms with Crippen molar-refractivity contribution in [3.8, 4) is 0 Å². The van der Waals surface area contributed by atoms with Gasteiger partial charge in [0.1, 0.15) is 6.61 Å². The smallest absolute Gasteiger partial charge is 0.462 e. The fourth-order valence-electron chi connectivity index (χ4n) is 6.08. The number of esters is 2. The zero-order chi connectivity index (χ0) is 38.9. The number of unbranched alkanes of at least 4 members (excludes halogenated alkanes) is 24.